The number of morpholine rings is 1. The maximum Gasteiger partial charge on any atom is 0.308 e. The first-order valence-corrected chi connectivity index (χ1v) is 10.5. The molecule has 2 aliphatic heterocycles. The lowest BCUT2D eigenvalue weighted by Gasteiger charge is -2.36. The maximum atomic E-state index is 11.7. The molecule has 28 heavy (non-hydrogen) atoms. The number of carbonyl (C=O) groups excluding carboxylic acids is 1. The molecule has 0 aromatic carbocycles. The molecule has 1 atom stereocenters. The minimum absolute atomic E-state index is 0. The standard InChI is InChI=1S/C19H30N4O3S.HI/c1-20-19(23-7-5-15(6-8-23)18(24)25-2)21-14-16(17-4-3-13-27-17)22-9-11-26-12-10-22;/h3-4,13,15-16H,5-12,14H2,1-2H3,(H,20,21);1H. The topological polar surface area (TPSA) is 66.4 Å². The van der Waals surface area contributed by atoms with Crippen LogP contribution in [0.1, 0.15) is 23.8 Å². The third-order valence-corrected chi connectivity index (χ3v) is 6.33. The molecular formula is C19H31IN4O3S. The Bertz CT molecular complexity index is 615. The van der Waals surface area contributed by atoms with Crippen LogP contribution in [-0.2, 0) is 14.3 Å². The number of halogens is 1. The second-order valence-electron chi connectivity index (χ2n) is 6.89. The Morgan fingerprint density at radius 2 is 2.07 bits per heavy atom. The van der Waals surface area contributed by atoms with Crippen LogP contribution in [-0.4, -0.2) is 81.8 Å². The van der Waals surface area contributed by atoms with Crippen molar-refractivity contribution in [3.8, 4) is 0 Å². The summed E-state index contributed by atoms with van der Waals surface area (Å²) in [5.41, 5.74) is 0. The molecule has 2 fully saturated rings. The highest BCUT2D eigenvalue weighted by Crippen LogP contribution is 2.25. The number of carbonyl (C=O) groups is 1. The predicted octanol–water partition coefficient (Wildman–Crippen LogP) is 2.20. The van der Waals surface area contributed by atoms with Crippen LogP contribution in [0.25, 0.3) is 0 Å². The molecule has 0 spiro atoms. The zero-order valence-electron chi connectivity index (χ0n) is 16.6. The first-order chi connectivity index (χ1) is 13.2. The van der Waals surface area contributed by atoms with Gasteiger partial charge in [0, 0.05) is 44.6 Å². The SMILES string of the molecule is CN=C(NCC(c1cccs1)N1CCOCC1)N1CCC(C(=O)OC)CC1.I. The number of guanidine groups is 1. The minimum Gasteiger partial charge on any atom is -0.469 e. The molecule has 158 valence electrons. The van der Waals surface area contributed by atoms with Crippen LogP contribution in [0.4, 0.5) is 0 Å². The average molecular weight is 522 g/mol. The van der Waals surface area contributed by atoms with Gasteiger partial charge in [0.15, 0.2) is 5.96 Å². The molecule has 0 amide bonds. The van der Waals surface area contributed by atoms with Crippen LogP contribution in [0.3, 0.4) is 0 Å². The Morgan fingerprint density at radius 1 is 1.36 bits per heavy atom. The van der Waals surface area contributed by atoms with Gasteiger partial charge in [0.05, 0.1) is 32.3 Å². The summed E-state index contributed by atoms with van der Waals surface area (Å²) >= 11 is 1.80. The van der Waals surface area contributed by atoms with E-state index in [1.165, 1.54) is 12.0 Å². The molecule has 0 saturated carbocycles. The first kappa shape index (κ1) is 23.4. The average Bonchev–Trinajstić information content (AvgIpc) is 3.26. The molecule has 0 aliphatic carbocycles. The van der Waals surface area contributed by atoms with Gasteiger partial charge in [-0.2, -0.15) is 0 Å². The van der Waals surface area contributed by atoms with Crippen LogP contribution in [0.15, 0.2) is 22.5 Å². The van der Waals surface area contributed by atoms with E-state index in [4.69, 9.17) is 9.47 Å². The smallest absolute Gasteiger partial charge is 0.308 e. The molecule has 3 rings (SSSR count). The van der Waals surface area contributed by atoms with E-state index in [9.17, 15) is 4.79 Å². The van der Waals surface area contributed by atoms with Crippen molar-refractivity contribution in [1.29, 1.82) is 0 Å². The van der Waals surface area contributed by atoms with Gasteiger partial charge in [-0.05, 0) is 24.3 Å². The number of likely N-dealkylation sites (tertiary alicyclic amines) is 1. The van der Waals surface area contributed by atoms with Gasteiger partial charge in [0.1, 0.15) is 0 Å². The summed E-state index contributed by atoms with van der Waals surface area (Å²) < 4.78 is 10.4. The number of nitrogens with one attached hydrogen (secondary N) is 1. The summed E-state index contributed by atoms with van der Waals surface area (Å²) in [6, 6.07) is 4.63. The molecule has 1 unspecified atom stereocenters. The van der Waals surface area contributed by atoms with E-state index in [-0.39, 0.29) is 35.9 Å². The number of ether oxygens (including phenoxy) is 2. The molecule has 1 aromatic rings. The lowest BCUT2D eigenvalue weighted by molar-refractivity contribution is -0.146. The van der Waals surface area contributed by atoms with Crippen molar-refractivity contribution in [2.45, 2.75) is 18.9 Å². The zero-order chi connectivity index (χ0) is 19.1. The summed E-state index contributed by atoms with van der Waals surface area (Å²) in [4.78, 5) is 22.3. The number of methoxy groups -OCH3 is 1. The highest BCUT2D eigenvalue weighted by atomic mass is 127. The van der Waals surface area contributed by atoms with Gasteiger partial charge in [-0.1, -0.05) is 6.07 Å². The lowest BCUT2D eigenvalue weighted by atomic mass is 9.97. The maximum absolute atomic E-state index is 11.7. The number of aliphatic imine (C=N–C) groups is 1. The third-order valence-electron chi connectivity index (χ3n) is 5.35. The van der Waals surface area contributed by atoms with Crippen LogP contribution >= 0.6 is 35.3 Å². The number of nitrogens with zero attached hydrogens (tertiary/aromatic N) is 3. The molecule has 3 heterocycles. The summed E-state index contributed by atoms with van der Waals surface area (Å²) in [5, 5.41) is 5.70. The van der Waals surface area contributed by atoms with Crippen molar-refractivity contribution < 1.29 is 14.3 Å². The third kappa shape index (κ3) is 6.04. The molecule has 0 radical (unpaired) electrons. The van der Waals surface area contributed by atoms with E-state index < -0.39 is 0 Å². The van der Waals surface area contributed by atoms with Gasteiger partial charge >= 0.3 is 5.97 Å². The van der Waals surface area contributed by atoms with E-state index in [2.05, 4.69) is 37.6 Å². The van der Waals surface area contributed by atoms with Gasteiger partial charge in [0.25, 0.3) is 0 Å². The van der Waals surface area contributed by atoms with Crippen LogP contribution in [0, 0.1) is 5.92 Å². The molecule has 2 aliphatic rings. The fraction of sp³-hybridized carbons (Fsp3) is 0.684. The Balaban J connectivity index is 0.00000280. The molecule has 9 heteroatoms. The minimum atomic E-state index is -0.0947. The lowest BCUT2D eigenvalue weighted by Crippen LogP contribution is -2.49. The predicted molar refractivity (Wildman–Crippen MR) is 123 cm³/mol. The van der Waals surface area contributed by atoms with Gasteiger partial charge in [-0.15, -0.1) is 35.3 Å². The summed E-state index contributed by atoms with van der Waals surface area (Å²) in [7, 11) is 3.29. The molecule has 0 bridgehead atoms. The van der Waals surface area contributed by atoms with Crippen LogP contribution < -0.4 is 5.32 Å². The number of esters is 1. The Hall–Kier alpha value is -0.910. The Kier molecular flexibility index (Phi) is 9.96. The summed E-state index contributed by atoms with van der Waals surface area (Å²) in [6.07, 6.45) is 1.62. The number of thiophene rings is 1. The highest BCUT2D eigenvalue weighted by Gasteiger charge is 2.28. The highest BCUT2D eigenvalue weighted by molar-refractivity contribution is 14.0. The Labute approximate surface area is 188 Å². The second kappa shape index (κ2) is 11.9. The monoisotopic (exact) mass is 522 g/mol. The van der Waals surface area contributed by atoms with Gasteiger partial charge in [-0.25, -0.2) is 0 Å². The molecule has 1 aromatic heterocycles. The number of piperidine rings is 1. The Morgan fingerprint density at radius 3 is 2.64 bits per heavy atom. The molecular weight excluding hydrogens is 491 g/mol. The van der Waals surface area contributed by atoms with Crippen molar-refractivity contribution in [3.63, 3.8) is 0 Å². The van der Waals surface area contributed by atoms with Crippen molar-refractivity contribution in [2.75, 3.05) is 60.1 Å². The van der Waals surface area contributed by atoms with E-state index in [1.807, 2.05) is 7.05 Å². The molecule has 2 saturated heterocycles. The van der Waals surface area contributed by atoms with E-state index >= 15 is 0 Å². The fourth-order valence-corrected chi connectivity index (χ4v) is 4.65. The largest absolute Gasteiger partial charge is 0.469 e. The second-order valence-corrected chi connectivity index (χ2v) is 7.87. The van der Waals surface area contributed by atoms with Crippen molar-refractivity contribution in [2.24, 2.45) is 10.9 Å². The van der Waals surface area contributed by atoms with E-state index in [1.54, 1.807) is 11.3 Å². The van der Waals surface area contributed by atoms with Crippen molar-refractivity contribution >= 4 is 47.2 Å². The van der Waals surface area contributed by atoms with Crippen molar-refractivity contribution in [1.82, 2.24) is 15.1 Å². The van der Waals surface area contributed by atoms with E-state index in [0.29, 0.717) is 6.04 Å². The quantitative estimate of drug-likeness (QED) is 0.277. The normalized spacial score (nSPS) is 20.4. The van der Waals surface area contributed by atoms with Gasteiger partial charge in [0.2, 0.25) is 0 Å². The summed E-state index contributed by atoms with van der Waals surface area (Å²) in [6.45, 7) is 5.93. The summed E-state index contributed by atoms with van der Waals surface area (Å²) in [5.74, 6) is 0.826. The van der Waals surface area contributed by atoms with Gasteiger partial charge in [-0.3, -0.25) is 14.7 Å². The van der Waals surface area contributed by atoms with E-state index in [0.717, 1.165) is 64.7 Å². The number of hydrogen-bond donors (Lipinski definition) is 1. The fourth-order valence-electron chi connectivity index (χ4n) is 3.79. The number of rotatable bonds is 5. The molecule has 7 nitrogen and oxygen atoms in total. The van der Waals surface area contributed by atoms with Gasteiger partial charge < -0.3 is 19.7 Å². The zero-order valence-corrected chi connectivity index (χ0v) is 19.8. The number of hydrogen-bond acceptors (Lipinski definition) is 6. The van der Waals surface area contributed by atoms with Crippen LogP contribution in [0.2, 0.25) is 0 Å². The first-order valence-electron chi connectivity index (χ1n) is 9.61. The molecule has 1 N–H and O–H groups in total. The van der Waals surface area contributed by atoms with Crippen molar-refractivity contribution in [3.05, 3.63) is 22.4 Å². The van der Waals surface area contributed by atoms with Crippen LogP contribution in [0.5, 0.6) is 0 Å².